The fourth-order valence-corrected chi connectivity index (χ4v) is 2.36. The molecule has 132 valence electrons. The largest absolute Gasteiger partial charge is 0.489 e. The first-order valence-electron chi connectivity index (χ1n) is 7.41. The Kier molecular flexibility index (Phi) is 8.34. The fourth-order valence-electron chi connectivity index (χ4n) is 1.90. The third-order valence-corrected chi connectivity index (χ3v) is 4.09. The van der Waals surface area contributed by atoms with Crippen molar-refractivity contribution < 1.29 is 9.84 Å². The molecule has 0 saturated carbocycles. The molecule has 0 radical (unpaired) electrons. The zero-order valence-corrected chi connectivity index (χ0v) is 16.0. The van der Waals surface area contributed by atoms with Crippen LogP contribution in [-0.4, -0.2) is 17.3 Å². The number of hydrogen-bond acceptors (Lipinski definition) is 3. The van der Waals surface area contributed by atoms with E-state index in [-0.39, 0.29) is 24.6 Å². The summed E-state index contributed by atoms with van der Waals surface area (Å²) in [6, 6.07) is 13.2. The summed E-state index contributed by atoms with van der Waals surface area (Å²) in [6.07, 6.45) is 0. The van der Waals surface area contributed by atoms with Crippen molar-refractivity contribution in [3.8, 4) is 5.75 Å². The maximum Gasteiger partial charge on any atom is 0.119 e. The highest BCUT2D eigenvalue weighted by Crippen LogP contribution is 2.23. The molecule has 0 aliphatic rings. The van der Waals surface area contributed by atoms with Gasteiger partial charge in [0, 0.05) is 27.7 Å². The van der Waals surface area contributed by atoms with Crippen molar-refractivity contribution in [2.45, 2.75) is 32.5 Å². The molecule has 0 aliphatic heterocycles. The van der Waals surface area contributed by atoms with Crippen molar-refractivity contribution in [3.63, 3.8) is 0 Å². The van der Waals surface area contributed by atoms with Crippen LogP contribution in [-0.2, 0) is 13.2 Å². The number of nitrogens with one attached hydrogen (secondary N) is 1. The number of hydrogen-bond donors (Lipinski definition) is 2. The normalized spacial score (nSPS) is 11.0. The zero-order chi connectivity index (χ0) is 16.9. The minimum absolute atomic E-state index is 0. The third kappa shape index (κ3) is 6.50. The van der Waals surface area contributed by atoms with Crippen LogP contribution in [0.1, 0.15) is 25.0 Å². The molecule has 2 aromatic rings. The molecule has 0 aliphatic carbocycles. The minimum Gasteiger partial charge on any atom is -0.489 e. The number of rotatable bonds is 7. The van der Waals surface area contributed by atoms with Crippen LogP contribution in [0.25, 0.3) is 0 Å². The average molecular weight is 391 g/mol. The van der Waals surface area contributed by atoms with Crippen molar-refractivity contribution in [3.05, 3.63) is 63.6 Å². The van der Waals surface area contributed by atoms with E-state index in [1.165, 1.54) is 0 Å². The molecule has 3 nitrogen and oxygen atoms in total. The lowest BCUT2D eigenvalue weighted by atomic mass is 10.1. The highest BCUT2D eigenvalue weighted by molar-refractivity contribution is 6.35. The molecule has 0 aromatic heterocycles. The van der Waals surface area contributed by atoms with Gasteiger partial charge in [0.15, 0.2) is 0 Å². The predicted molar refractivity (Wildman–Crippen MR) is 102 cm³/mol. The predicted octanol–water partition coefficient (Wildman–Crippen LogP) is 4.85. The molecule has 2 rings (SSSR count). The summed E-state index contributed by atoms with van der Waals surface area (Å²) in [7, 11) is 0. The first-order chi connectivity index (χ1) is 10.9. The standard InChI is InChI=1S/C18H21Cl2NO2.ClH/c1-18(2,12-22)21-10-13-3-7-16(8-4-13)23-11-14-5-6-15(19)9-17(14)20;/h3-9,21-22H,10-12H2,1-2H3;1H. The van der Waals surface area contributed by atoms with Crippen LogP contribution < -0.4 is 10.1 Å². The SMILES string of the molecule is CC(C)(CO)NCc1ccc(OCc2ccc(Cl)cc2Cl)cc1.Cl. The Bertz CT molecular complexity index is 645. The molecule has 24 heavy (non-hydrogen) atoms. The fraction of sp³-hybridized carbons (Fsp3) is 0.333. The molecule has 0 unspecified atom stereocenters. The van der Waals surface area contributed by atoms with E-state index in [0.717, 1.165) is 16.9 Å². The van der Waals surface area contributed by atoms with Crippen molar-refractivity contribution in [1.82, 2.24) is 5.32 Å². The van der Waals surface area contributed by atoms with Crippen LogP contribution in [0.2, 0.25) is 10.0 Å². The van der Waals surface area contributed by atoms with Gasteiger partial charge in [-0.2, -0.15) is 0 Å². The van der Waals surface area contributed by atoms with Crippen LogP contribution in [0.4, 0.5) is 0 Å². The van der Waals surface area contributed by atoms with Crippen molar-refractivity contribution in [2.24, 2.45) is 0 Å². The Morgan fingerprint density at radius 2 is 1.75 bits per heavy atom. The second-order valence-electron chi connectivity index (χ2n) is 6.06. The molecule has 0 amide bonds. The first kappa shape index (κ1) is 21.1. The molecule has 0 saturated heterocycles. The van der Waals surface area contributed by atoms with Gasteiger partial charge in [0.2, 0.25) is 0 Å². The van der Waals surface area contributed by atoms with Crippen LogP contribution in [0.3, 0.4) is 0 Å². The van der Waals surface area contributed by atoms with Gasteiger partial charge in [-0.3, -0.25) is 0 Å². The maximum absolute atomic E-state index is 9.23. The molecular formula is C18H22Cl3NO2. The van der Waals surface area contributed by atoms with E-state index >= 15 is 0 Å². The average Bonchev–Trinajstić information content (AvgIpc) is 2.53. The zero-order valence-electron chi connectivity index (χ0n) is 13.7. The summed E-state index contributed by atoms with van der Waals surface area (Å²) < 4.78 is 5.75. The van der Waals surface area contributed by atoms with Gasteiger partial charge in [0.25, 0.3) is 0 Å². The Morgan fingerprint density at radius 3 is 2.33 bits per heavy atom. The van der Waals surface area contributed by atoms with Crippen LogP contribution >= 0.6 is 35.6 Å². The summed E-state index contributed by atoms with van der Waals surface area (Å²) in [5, 5.41) is 13.7. The lowest BCUT2D eigenvalue weighted by Gasteiger charge is -2.23. The summed E-state index contributed by atoms with van der Waals surface area (Å²) in [5.41, 5.74) is 1.73. The van der Waals surface area contributed by atoms with E-state index in [0.29, 0.717) is 23.2 Å². The lowest BCUT2D eigenvalue weighted by molar-refractivity contribution is 0.187. The van der Waals surface area contributed by atoms with Gasteiger partial charge in [0.1, 0.15) is 12.4 Å². The Morgan fingerprint density at radius 1 is 1.08 bits per heavy atom. The molecule has 0 fully saturated rings. The van der Waals surface area contributed by atoms with E-state index in [2.05, 4.69) is 5.32 Å². The molecule has 0 bridgehead atoms. The quantitative estimate of drug-likeness (QED) is 0.709. The highest BCUT2D eigenvalue weighted by Gasteiger charge is 2.14. The highest BCUT2D eigenvalue weighted by atomic mass is 35.5. The van der Waals surface area contributed by atoms with Crippen molar-refractivity contribution in [2.75, 3.05) is 6.61 Å². The Hall–Kier alpha value is -0.970. The van der Waals surface area contributed by atoms with Gasteiger partial charge in [-0.1, -0.05) is 41.4 Å². The number of benzene rings is 2. The van der Waals surface area contributed by atoms with E-state index in [1.807, 2.05) is 44.2 Å². The van der Waals surface area contributed by atoms with Gasteiger partial charge in [-0.05, 0) is 43.7 Å². The van der Waals surface area contributed by atoms with Crippen molar-refractivity contribution in [1.29, 1.82) is 0 Å². The smallest absolute Gasteiger partial charge is 0.119 e. The minimum atomic E-state index is -0.291. The van der Waals surface area contributed by atoms with Gasteiger partial charge in [0.05, 0.1) is 6.61 Å². The lowest BCUT2D eigenvalue weighted by Crippen LogP contribution is -2.42. The number of halogens is 3. The first-order valence-corrected chi connectivity index (χ1v) is 8.17. The van der Waals surface area contributed by atoms with Gasteiger partial charge in [-0.25, -0.2) is 0 Å². The molecule has 0 spiro atoms. The number of ether oxygens (including phenoxy) is 1. The molecule has 2 aromatic carbocycles. The van der Waals surface area contributed by atoms with Crippen LogP contribution in [0.15, 0.2) is 42.5 Å². The summed E-state index contributed by atoms with van der Waals surface area (Å²) in [4.78, 5) is 0. The Balaban J connectivity index is 0.00000288. The molecular weight excluding hydrogens is 369 g/mol. The summed E-state index contributed by atoms with van der Waals surface area (Å²) in [6.45, 7) is 5.10. The van der Waals surface area contributed by atoms with E-state index in [4.69, 9.17) is 27.9 Å². The molecule has 2 N–H and O–H groups in total. The molecule has 0 heterocycles. The van der Waals surface area contributed by atoms with E-state index in [1.54, 1.807) is 12.1 Å². The maximum atomic E-state index is 9.23. The second kappa shape index (κ2) is 9.50. The van der Waals surface area contributed by atoms with E-state index < -0.39 is 0 Å². The third-order valence-electron chi connectivity index (χ3n) is 3.50. The van der Waals surface area contributed by atoms with Gasteiger partial charge in [-0.15, -0.1) is 12.4 Å². The monoisotopic (exact) mass is 389 g/mol. The second-order valence-corrected chi connectivity index (χ2v) is 6.91. The van der Waals surface area contributed by atoms with Gasteiger partial charge >= 0.3 is 0 Å². The molecule has 0 atom stereocenters. The summed E-state index contributed by atoms with van der Waals surface area (Å²) in [5.74, 6) is 0.779. The van der Waals surface area contributed by atoms with Crippen LogP contribution in [0, 0.1) is 0 Å². The van der Waals surface area contributed by atoms with Crippen LogP contribution in [0.5, 0.6) is 5.75 Å². The van der Waals surface area contributed by atoms with Gasteiger partial charge < -0.3 is 15.2 Å². The van der Waals surface area contributed by atoms with E-state index in [9.17, 15) is 5.11 Å². The Labute approximate surface area is 159 Å². The summed E-state index contributed by atoms with van der Waals surface area (Å²) >= 11 is 12.0. The number of aliphatic hydroxyl groups excluding tert-OH is 1. The molecule has 6 heteroatoms. The topological polar surface area (TPSA) is 41.5 Å². The number of aliphatic hydroxyl groups is 1. The van der Waals surface area contributed by atoms with Crippen molar-refractivity contribution >= 4 is 35.6 Å².